The van der Waals surface area contributed by atoms with Crippen LogP contribution in [0.15, 0.2) is 35.9 Å². The first-order valence-corrected chi connectivity index (χ1v) is 11.7. The summed E-state index contributed by atoms with van der Waals surface area (Å²) in [5.41, 5.74) is 3.13. The Kier molecular flexibility index (Phi) is 7.70. The van der Waals surface area contributed by atoms with Crippen LogP contribution in [0.5, 0.6) is 0 Å². The molecule has 0 saturated carbocycles. The Morgan fingerprint density at radius 2 is 1.93 bits per heavy atom. The van der Waals surface area contributed by atoms with E-state index in [9.17, 15) is 9.59 Å². The zero-order valence-electron chi connectivity index (χ0n) is 15.7. The number of hydrogen-bond acceptors (Lipinski definition) is 5. The summed E-state index contributed by atoms with van der Waals surface area (Å²) in [4.78, 5) is 24.5. The van der Waals surface area contributed by atoms with Crippen LogP contribution < -0.4 is 5.32 Å². The molecule has 1 atom stereocenters. The molecule has 0 spiro atoms. The van der Waals surface area contributed by atoms with Crippen molar-refractivity contribution < 1.29 is 14.3 Å². The second-order valence-electron chi connectivity index (χ2n) is 6.89. The highest BCUT2D eigenvalue weighted by molar-refractivity contribution is 8.19. The molecule has 1 heterocycles. The lowest BCUT2D eigenvalue weighted by molar-refractivity contribution is -0.129. The van der Waals surface area contributed by atoms with Crippen LogP contribution in [0, 0.1) is 0 Å². The number of hydrogen-bond donors (Lipinski definition) is 1. The van der Waals surface area contributed by atoms with Crippen molar-refractivity contribution in [2.75, 3.05) is 18.1 Å². The highest BCUT2D eigenvalue weighted by Gasteiger charge is 2.21. The van der Waals surface area contributed by atoms with Crippen molar-refractivity contribution in [3.63, 3.8) is 0 Å². The van der Waals surface area contributed by atoms with Gasteiger partial charge in [0.2, 0.25) is 0 Å². The summed E-state index contributed by atoms with van der Waals surface area (Å²) in [7, 11) is 0. The molecule has 1 aliphatic heterocycles. The lowest BCUT2D eigenvalue weighted by Gasteiger charge is -2.16. The number of thioether (sulfide) groups is 2. The second-order valence-corrected chi connectivity index (χ2v) is 9.62. The maximum absolute atomic E-state index is 12.3. The van der Waals surface area contributed by atoms with E-state index in [1.54, 1.807) is 19.1 Å². The molecule has 0 radical (unpaired) electrons. The lowest BCUT2D eigenvalue weighted by Crippen LogP contribution is -2.36. The van der Waals surface area contributed by atoms with Crippen LogP contribution in [0.1, 0.15) is 59.5 Å². The van der Waals surface area contributed by atoms with Crippen molar-refractivity contribution in [2.45, 2.75) is 49.7 Å². The zero-order chi connectivity index (χ0) is 19.1. The van der Waals surface area contributed by atoms with Gasteiger partial charge in [-0.3, -0.25) is 4.79 Å². The third-order valence-electron chi connectivity index (χ3n) is 4.82. The van der Waals surface area contributed by atoms with Crippen LogP contribution in [0.25, 0.3) is 0 Å². The Morgan fingerprint density at radius 3 is 2.59 bits per heavy atom. The van der Waals surface area contributed by atoms with Gasteiger partial charge in [-0.05, 0) is 56.7 Å². The number of nitrogens with one attached hydrogen (secondary N) is 1. The third-order valence-corrected chi connectivity index (χ3v) is 7.93. The fourth-order valence-electron chi connectivity index (χ4n) is 3.23. The highest BCUT2D eigenvalue weighted by Crippen LogP contribution is 2.45. The minimum absolute atomic E-state index is 0.241. The van der Waals surface area contributed by atoms with Crippen LogP contribution in [0.2, 0.25) is 0 Å². The number of ether oxygens (including phenoxy) is 1. The number of allylic oxidation sites excluding steroid dienone is 1. The van der Waals surface area contributed by atoms with Gasteiger partial charge in [-0.15, -0.1) is 23.5 Å². The lowest BCUT2D eigenvalue weighted by atomic mass is 9.97. The molecular formula is C21H27NO3S2. The molecule has 0 unspecified atom stereocenters. The maximum atomic E-state index is 12.3. The molecule has 4 nitrogen and oxygen atoms in total. The number of carbonyl (C=O) groups excluding carboxylic acids is 2. The summed E-state index contributed by atoms with van der Waals surface area (Å²) in [5, 5.41) is 2.87. The number of benzene rings is 1. The molecule has 0 aromatic heterocycles. The van der Waals surface area contributed by atoms with E-state index < -0.39 is 12.1 Å². The van der Waals surface area contributed by atoms with Gasteiger partial charge in [0.25, 0.3) is 5.91 Å². The molecule has 1 amide bonds. The van der Waals surface area contributed by atoms with E-state index in [0.717, 1.165) is 19.3 Å². The SMILES string of the molecule is C[C@H](OC(=O)c1ccc(C2SCCS2)cc1)C(=O)NCCC1=CCCCC1. The molecule has 1 saturated heterocycles. The smallest absolute Gasteiger partial charge is 0.338 e. The molecule has 1 aliphatic carbocycles. The Bertz CT molecular complexity index is 681. The van der Waals surface area contributed by atoms with E-state index >= 15 is 0 Å². The summed E-state index contributed by atoms with van der Waals surface area (Å²) >= 11 is 3.86. The minimum atomic E-state index is -0.793. The third kappa shape index (κ3) is 6.04. The number of esters is 1. The van der Waals surface area contributed by atoms with Gasteiger partial charge in [0, 0.05) is 18.1 Å². The van der Waals surface area contributed by atoms with Gasteiger partial charge in [-0.2, -0.15) is 0 Å². The molecule has 0 bridgehead atoms. The van der Waals surface area contributed by atoms with Crippen molar-refractivity contribution in [2.24, 2.45) is 0 Å². The molecule has 1 aromatic carbocycles. The van der Waals surface area contributed by atoms with E-state index in [1.807, 2.05) is 35.7 Å². The van der Waals surface area contributed by atoms with Gasteiger partial charge in [0.05, 0.1) is 10.1 Å². The summed E-state index contributed by atoms with van der Waals surface area (Å²) < 4.78 is 5.79. The van der Waals surface area contributed by atoms with E-state index in [-0.39, 0.29) is 5.91 Å². The molecule has 27 heavy (non-hydrogen) atoms. The predicted octanol–water partition coefficient (Wildman–Crippen LogP) is 4.72. The number of amides is 1. The van der Waals surface area contributed by atoms with Crippen LogP contribution in [-0.4, -0.2) is 36.0 Å². The average Bonchev–Trinajstić information content (AvgIpc) is 3.23. The molecule has 3 rings (SSSR count). The summed E-state index contributed by atoms with van der Waals surface area (Å²) in [6, 6.07) is 7.54. The van der Waals surface area contributed by atoms with Crippen LogP contribution in [-0.2, 0) is 9.53 Å². The molecule has 146 valence electrons. The first-order chi connectivity index (χ1) is 13.1. The van der Waals surface area contributed by atoms with Crippen molar-refractivity contribution in [1.82, 2.24) is 5.32 Å². The van der Waals surface area contributed by atoms with Gasteiger partial charge in [0.15, 0.2) is 6.10 Å². The molecule has 2 aliphatic rings. The molecule has 1 fully saturated rings. The molecule has 1 N–H and O–H groups in total. The number of carbonyl (C=O) groups is 2. The van der Waals surface area contributed by atoms with Crippen molar-refractivity contribution in [1.29, 1.82) is 0 Å². The first kappa shape index (κ1) is 20.3. The van der Waals surface area contributed by atoms with Crippen molar-refractivity contribution in [3.05, 3.63) is 47.0 Å². The van der Waals surface area contributed by atoms with Crippen LogP contribution >= 0.6 is 23.5 Å². The predicted molar refractivity (Wildman–Crippen MR) is 113 cm³/mol. The average molecular weight is 406 g/mol. The fraction of sp³-hybridized carbons (Fsp3) is 0.524. The number of rotatable bonds is 7. The van der Waals surface area contributed by atoms with E-state index in [1.165, 1.54) is 35.5 Å². The van der Waals surface area contributed by atoms with Crippen molar-refractivity contribution >= 4 is 35.4 Å². The zero-order valence-corrected chi connectivity index (χ0v) is 17.4. The molecule has 1 aromatic rings. The standard InChI is InChI=1S/C21H27NO3S2/c1-15(19(23)22-12-11-16-5-3-2-4-6-16)25-20(24)17-7-9-18(10-8-17)21-26-13-14-27-21/h5,7-10,15,21H,2-4,6,11-14H2,1H3,(H,22,23)/t15-/m0/s1. The van der Waals surface area contributed by atoms with Gasteiger partial charge < -0.3 is 10.1 Å². The van der Waals surface area contributed by atoms with Crippen LogP contribution in [0.4, 0.5) is 0 Å². The Morgan fingerprint density at radius 1 is 1.19 bits per heavy atom. The summed E-state index contributed by atoms with van der Waals surface area (Å²) in [6.07, 6.45) is 7.16. The highest BCUT2D eigenvalue weighted by atomic mass is 32.2. The fourth-order valence-corrected chi connectivity index (χ4v) is 6.09. The maximum Gasteiger partial charge on any atom is 0.338 e. The minimum Gasteiger partial charge on any atom is -0.449 e. The van der Waals surface area contributed by atoms with E-state index in [0.29, 0.717) is 16.7 Å². The first-order valence-electron chi connectivity index (χ1n) is 9.63. The topological polar surface area (TPSA) is 55.4 Å². The second kappa shape index (κ2) is 10.2. The van der Waals surface area contributed by atoms with Gasteiger partial charge >= 0.3 is 5.97 Å². The van der Waals surface area contributed by atoms with Gasteiger partial charge in [-0.1, -0.05) is 23.8 Å². The Balaban J connectivity index is 1.43. The normalized spacial score (nSPS) is 18.6. The molecular weight excluding hydrogens is 378 g/mol. The van der Waals surface area contributed by atoms with Gasteiger partial charge in [-0.25, -0.2) is 4.79 Å². The quantitative estimate of drug-likeness (QED) is 0.526. The van der Waals surface area contributed by atoms with Crippen LogP contribution in [0.3, 0.4) is 0 Å². The summed E-state index contributed by atoms with van der Waals surface area (Å²) in [6.45, 7) is 2.21. The van der Waals surface area contributed by atoms with Gasteiger partial charge in [0.1, 0.15) is 0 Å². The monoisotopic (exact) mass is 405 g/mol. The van der Waals surface area contributed by atoms with E-state index in [2.05, 4.69) is 11.4 Å². The Hall–Kier alpha value is -1.40. The van der Waals surface area contributed by atoms with Crippen molar-refractivity contribution in [3.8, 4) is 0 Å². The summed E-state index contributed by atoms with van der Waals surface area (Å²) in [5.74, 6) is 1.65. The largest absolute Gasteiger partial charge is 0.449 e. The van der Waals surface area contributed by atoms with E-state index in [4.69, 9.17) is 4.74 Å². The molecule has 6 heteroatoms. The Labute approximate surface area is 169 Å².